The maximum Gasteiger partial charge on any atom is 0.336 e. The van der Waals surface area contributed by atoms with E-state index < -0.39 is 17.7 Å². The monoisotopic (exact) mass is 266 g/mol. The summed E-state index contributed by atoms with van der Waals surface area (Å²) in [6.07, 6.45) is -0.800. The average molecular weight is 266 g/mol. The third-order valence-corrected chi connectivity index (χ3v) is 3.56. The maximum absolute atomic E-state index is 11.2. The fraction of sp³-hybridized carbons (Fsp3) is 0.500. The highest BCUT2D eigenvalue weighted by molar-refractivity contribution is 5.78. The van der Waals surface area contributed by atoms with Gasteiger partial charge in [-0.3, -0.25) is 0 Å². The Hall–Kier alpha value is -1.75. The zero-order valence-corrected chi connectivity index (χ0v) is 11.5. The lowest BCUT2D eigenvalue weighted by atomic mass is 9.85. The van der Waals surface area contributed by atoms with Crippen LogP contribution in [0.2, 0.25) is 0 Å². The molecule has 1 aromatic carbocycles. The molecule has 2 unspecified atom stereocenters. The van der Waals surface area contributed by atoms with Gasteiger partial charge in [-0.2, -0.15) is 0 Å². The Labute approximate surface area is 112 Å². The molecule has 1 fully saturated rings. The van der Waals surface area contributed by atoms with E-state index in [1.807, 2.05) is 19.9 Å². The lowest BCUT2D eigenvalue weighted by molar-refractivity contribution is -0.138. The molecule has 1 saturated heterocycles. The lowest BCUT2D eigenvalue weighted by Crippen LogP contribution is -2.24. The first-order valence-corrected chi connectivity index (χ1v) is 6.10. The van der Waals surface area contributed by atoms with E-state index in [2.05, 4.69) is 0 Å². The van der Waals surface area contributed by atoms with Crippen LogP contribution in [0.5, 0.6) is 11.5 Å². The molecule has 0 radical (unpaired) electrons. The first-order valence-electron chi connectivity index (χ1n) is 6.10. The van der Waals surface area contributed by atoms with Gasteiger partial charge in [-0.15, -0.1) is 0 Å². The van der Waals surface area contributed by atoms with Crippen molar-refractivity contribution in [2.24, 2.45) is 5.92 Å². The summed E-state index contributed by atoms with van der Waals surface area (Å²) in [5.74, 6) is 0.285. The summed E-state index contributed by atoms with van der Waals surface area (Å²) in [6.45, 7) is 3.89. The first kappa shape index (κ1) is 13.7. The highest BCUT2D eigenvalue weighted by Gasteiger charge is 2.64. The normalized spacial score (nSPS) is 25.2. The van der Waals surface area contributed by atoms with Gasteiger partial charge >= 0.3 is 5.97 Å². The second kappa shape index (κ2) is 4.74. The Morgan fingerprint density at radius 2 is 1.95 bits per heavy atom. The summed E-state index contributed by atoms with van der Waals surface area (Å²) >= 11 is 0. The smallest absolute Gasteiger partial charge is 0.336 e. The number of rotatable bonds is 5. The second-order valence-corrected chi connectivity index (χ2v) is 4.85. The van der Waals surface area contributed by atoms with Crippen LogP contribution in [0.15, 0.2) is 18.2 Å². The molecule has 5 heteroatoms. The van der Waals surface area contributed by atoms with Crippen molar-refractivity contribution in [2.75, 3.05) is 14.2 Å². The first-order chi connectivity index (χ1) is 8.97. The molecule has 0 aliphatic carbocycles. The Morgan fingerprint density at radius 1 is 1.32 bits per heavy atom. The number of carbonyl (C=O) groups is 1. The largest absolute Gasteiger partial charge is 0.493 e. The molecule has 1 aromatic rings. The van der Waals surface area contributed by atoms with E-state index >= 15 is 0 Å². The zero-order valence-electron chi connectivity index (χ0n) is 11.5. The molecule has 0 bridgehead atoms. The van der Waals surface area contributed by atoms with Crippen LogP contribution in [0.4, 0.5) is 0 Å². The minimum Gasteiger partial charge on any atom is -0.493 e. The highest BCUT2D eigenvalue weighted by Crippen LogP contribution is 2.53. The minimum atomic E-state index is -0.941. The number of carboxylic acids is 1. The van der Waals surface area contributed by atoms with E-state index in [0.717, 1.165) is 5.56 Å². The third-order valence-electron chi connectivity index (χ3n) is 3.56. The van der Waals surface area contributed by atoms with Crippen molar-refractivity contribution >= 4 is 5.97 Å². The molecular formula is C14H18O5. The lowest BCUT2D eigenvalue weighted by Gasteiger charge is -2.18. The number of aliphatic carboxylic acids is 1. The van der Waals surface area contributed by atoms with Crippen LogP contribution in [-0.4, -0.2) is 31.4 Å². The zero-order chi connectivity index (χ0) is 14.2. The summed E-state index contributed by atoms with van der Waals surface area (Å²) in [6, 6.07) is 5.37. The Bertz CT molecular complexity index is 497. The van der Waals surface area contributed by atoms with Crippen molar-refractivity contribution in [3.63, 3.8) is 0 Å². The molecule has 5 nitrogen and oxygen atoms in total. The van der Waals surface area contributed by atoms with Crippen LogP contribution < -0.4 is 9.47 Å². The average Bonchev–Trinajstić information content (AvgIpc) is 3.15. The quantitative estimate of drug-likeness (QED) is 0.826. The third kappa shape index (κ3) is 2.04. The van der Waals surface area contributed by atoms with E-state index in [9.17, 15) is 4.79 Å². The molecule has 104 valence electrons. The van der Waals surface area contributed by atoms with Crippen molar-refractivity contribution < 1.29 is 24.1 Å². The van der Waals surface area contributed by atoms with Gasteiger partial charge in [0, 0.05) is 0 Å². The predicted octanol–water partition coefficient (Wildman–Crippen LogP) is 2.04. The van der Waals surface area contributed by atoms with Crippen molar-refractivity contribution in [1.82, 2.24) is 0 Å². The molecule has 1 N–H and O–H groups in total. The molecule has 2 atom stereocenters. The van der Waals surface area contributed by atoms with Gasteiger partial charge in [-0.25, -0.2) is 4.79 Å². The van der Waals surface area contributed by atoms with Gasteiger partial charge in [0.1, 0.15) is 5.60 Å². The van der Waals surface area contributed by atoms with Gasteiger partial charge in [-0.1, -0.05) is 19.9 Å². The van der Waals surface area contributed by atoms with Crippen LogP contribution in [0, 0.1) is 5.92 Å². The summed E-state index contributed by atoms with van der Waals surface area (Å²) in [4.78, 5) is 11.2. The minimum absolute atomic E-state index is 0.0479. The number of methoxy groups -OCH3 is 2. The fourth-order valence-electron chi connectivity index (χ4n) is 2.47. The Balaban J connectivity index is 2.43. The van der Waals surface area contributed by atoms with Gasteiger partial charge in [0.25, 0.3) is 0 Å². The van der Waals surface area contributed by atoms with Gasteiger partial charge < -0.3 is 19.3 Å². The summed E-state index contributed by atoms with van der Waals surface area (Å²) < 4.78 is 15.9. The molecule has 1 aliphatic heterocycles. The van der Waals surface area contributed by atoms with E-state index in [1.165, 1.54) is 0 Å². The van der Waals surface area contributed by atoms with Gasteiger partial charge in [0.2, 0.25) is 0 Å². The van der Waals surface area contributed by atoms with Crippen LogP contribution in [0.3, 0.4) is 0 Å². The molecule has 0 amide bonds. The number of benzene rings is 1. The molecule has 0 aromatic heterocycles. The second-order valence-electron chi connectivity index (χ2n) is 4.85. The molecule has 0 spiro atoms. The van der Waals surface area contributed by atoms with E-state index in [-0.39, 0.29) is 5.92 Å². The predicted molar refractivity (Wildman–Crippen MR) is 68.6 cm³/mol. The van der Waals surface area contributed by atoms with E-state index in [1.54, 1.807) is 26.4 Å². The SMILES string of the molecule is COc1ccc(C2(C(C)C)OC2C(=O)O)cc1OC. The number of hydrogen-bond acceptors (Lipinski definition) is 4. The molecule has 2 rings (SSSR count). The molecule has 19 heavy (non-hydrogen) atoms. The van der Waals surface area contributed by atoms with Gasteiger partial charge in [-0.05, 0) is 23.6 Å². The number of hydrogen-bond donors (Lipinski definition) is 1. The van der Waals surface area contributed by atoms with E-state index in [0.29, 0.717) is 11.5 Å². The van der Waals surface area contributed by atoms with Crippen LogP contribution in [-0.2, 0) is 15.1 Å². The highest BCUT2D eigenvalue weighted by atomic mass is 16.6. The summed E-state index contributed by atoms with van der Waals surface area (Å²) in [5, 5.41) is 9.15. The standard InChI is InChI=1S/C14H18O5/c1-8(2)14(12(19-14)13(15)16)9-5-6-10(17-3)11(7-9)18-4/h5-8,12H,1-4H3,(H,15,16). The molecule has 1 aliphatic rings. The van der Waals surface area contributed by atoms with Crippen molar-refractivity contribution in [3.8, 4) is 11.5 Å². The fourth-order valence-corrected chi connectivity index (χ4v) is 2.47. The van der Waals surface area contributed by atoms with E-state index in [4.69, 9.17) is 19.3 Å². The summed E-state index contributed by atoms with van der Waals surface area (Å²) in [5.41, 5.74) is 0.0262. The number of carboxylic acid groups (broad SMARTS) is 1. The number of epoxide rings is 1. The molecule has 1 heterocycles. The van der Waals surface area contributed by atoms with Crippen LogP contribution in [0.25, 0.3) is 0 Å². The molecular weight excluding hydrogens is 248 g/mol. The van der Waals surface area contributed by atoms with Crippen molar-refractivity contribution in [1.29, 1.82) is 0 Å². The van der Waals surface area contributed by atoms with Crippen molar-refractivity contribution in [3.05, 3.63) is 23.8 Å². The summed E-state index contributed by atoms with van der Waals surface area (Å²) in [7, 11) is 3.11. The van der Waals surface area contributed by atoms with Crippen LogP contribution in [0.1, 0.15) is 19.4 Å². The topological polar surface area (TPSA) is 68.3 Å². The van der Waals surface area contributed by atoms with Crippen molar-refractivity contribution in [2.45, 2.75) is 25.6 Å². The Kier molecular flexibility index (Phi) is 3.41. The van der Waals surface area contributed by atoms with Gasteiger partial charge in [0.05, 0.1) is 14.2 Å². The van der Waals surface area contributed by atoms with Gasteiger partial charge in [0.15, 0.2) is 17.6 Å². The molecule has 0 saturated carbocycles. The number of ether oxygens (including phenoxy) is 3. The van der Waals surface area contributed by atoms with Crippen LogP contribution >= 0.6 is 0 Å². The maximum atomic E-state index is 11.2. The Morgan fingerprint density at radius 3 is 2.37 bits per heavy atom.